The van der Waals surface area contributed by atoms with Gasteiger partial charge in [0, 0.05) is 25.2 Å². The summed E-state index contributed by atoms with van der Waals surface area (Å²) < 4.78 is 0. The number of para-hydroxylation sites is 1. The van der Waals surface area contributed by atoms with Crippen molar-refractivity contribution in [2.45, 2.75) is 12.8 Å². The Morgan fingerprint density at radius 2 is 2.00 bits per heavy atom. The van der Waals surface area contributed by atoms with Crippen molar-refractivity contribution in [1.82, 2.24) is 10.2 Å². The second-order valence-corrected chi connectivity index (χ2v) is 4.89. The van der Waals surface area contributed by atoms with Crippen molar-refractivity contribution in [2.75, 3.05) is 24.5 Å². The monoisotopic (exact) mass is 273 g/mol. The minimum absolute atomic E-state index is 0.195. The van der Waals surface area contributed by atoms with E-state index >= 15 is 0 Å². The Hall–Kier alpha value is -2.37. The standard InChI is InChI=1S/C14H15N3O3/c18-12-5-7-15-14(20)17(12)9-13(19)16-8-6-10-3-1-2-4-11(10)16/h1-4H,5-9H2,(H,15,20). The van der Waals surface area contributed by atoms with Crippen molar-refractivity contribution in [3.63, 3.8) is 0 Å². The Bertz CT molecular complexity index is 569. The van der Waals surface area contributed by atoms with Crippen LogP contribution >= 0.6 is 0 Å². The third kappa shape index (κ3) is 2.13. The van der Waals surface area contributed by atoms with Gasteiger partial charge in [-0.3, -0.25) is 14.5 Å². The molecule has 20 heavy (non-hydrogen) atoms. The molecule has 1 aromatic carbocycles. The lowest BCUT2D eigenvalue weighted by atomic mass is 10.2. The largest absolute Gasteiger partial charge is 0.337 e. The van der Waals surface area contributed by atoms with E-state index in [1.807, 2.05) is 24.3 Å². The summed E-state index contributed by atoms with van der Waals surface area (Å²) in [5.41, 5.74) is 2.00. The lowest BCUT2D eigenvalue weighted by molar-refractivity contribution is -0.133. The van der Waals surface area contributed by atoms with E-state index < -0.39 is 6.03 Å². The number of nitrogens with one attached hydrogen (secondary N) is 1. The zero-order valence-corrected chi connectivity index (χ0v) is 11.0. The fraction of sp³-hybridized carbons (Fsp3) is 0.357. The maximum atomic E-state index is 12.3. The minimum atomic E-state index is -0.484. The molecule has 1 aromatic rings. The number of hydrogen-bond donors (Lipinski definition) is 1. The molecule has 1 saturated heterocycles. The summed E-state index contributed by atoms with van der Waals surface area (Å²) in [6, 6.07) is 7.21. The average molecular weight is 273 g/mol. The molecule has 0 spiro atoms. The molecule has 0 atom stereocenters. The van der Waals surface area contributed by atoms with E-state index in [1.165, 1.54) is 0 Å². The van der Waals surface area contributed by atoms with Crippen LogP contribution in [0.5, 0.6) is 0 Å². The molecule has 0 aromatic heterocycles. The van der Waals surface area contributed by atoms with Gasteiger partial charge in [-0.1, -0.05) is 18.2 Å². The Morgan fingerprint density at radius 1 is 1.20 bits per heavy atom. The third-order valence-corrected chi connectivity index (χ3v) is 3.64. The fourth-order valence-corrected chi connectivity index (χ4v) is 2.60. The number of fused-ring (bicyclic) bond motifs is 1. The molecule has 6 heteroatoms. The minimum Gasteiger partial charge on any atom is -0.337 e. The first-order valence-electron chi connectivity index (χ1n) is 6.63. The molecule has 4 amide bonds. The highest BCUT2D eigenvalue weighted by Crippen LogP contribution is 2.27. The van der Waals surface area contributed by atoms with Gasteiger partial charge in [0.2, 0.25) is 11.8 Å². The Balaban J connectivity index is 1.74. The van der Waals surface area contributed by atoms with Crippen LogP contribution in [-0.4, -0.2) is 42.4 Å². The molecule has 2 heterocycles. The number of rotatable bonds is 2. The van der Waals surface area contributed by atoms with Gasteiger partial charge in [-0.05, 0) is 18.1 Å². The predicted octanol–water partition coefficient (Wildman–Crippen LogP) is 0.518. The second-order valence-electron chi connectivity index (χ2n) is 4.89. The molecular weight excluding hydrogens is 258 g/mol. The van der Waals surface area contributed by atoms with Crippen molar-refractivity contribution in [3.8, 4) is 0 Å². The summed E-state index contributed by atoms with van der Waals surface area (Å²) in [7, 11) is 0. The summed E-state index contributed by atoms with van der Waals surface area (Å²) in [6.45, 7) is 0.746. The number of amides is 4. The summed E-state index contributed by atoms with van der Waals surface area (Å²) >= 11 is 0. The maximum absolute atomic E-state index is 12.3. The zero-order valence-electron chi connectivity index (χ0n) is 11.0. The quantitative estimate of drug-likeness (QED) is 0.854. The molecular formula is C14H15N3O3. The van der Waals surface area contributed by atoms with E-state index in [0.29, 0.717) is 13.1 Å². The van der Waals surface area contributed by atoms with Gasteiger partial charge in [0.15, 0.2) is 0 Å². The molecule has 0 unspecified atom stereocenters. The molecule has 6 nitrogen and oxygen atoms in total. The van der Waals surface area contributed by atoms with Crippen molar-refractivity contribution < 1.29 is 14.4 Å². The van der Waals surface area contributed by atoms with Gasteiger partial charge in [0.1, 0.15) is 6.54 Å². The van der Waals surface area contributed by atoms with Crippen molar-refractivity contribution >= 4 is 23.5 Å². The highest BCUT2D eigenvalue weighted by molar-refractivity contribution is 6.04. The van der Waals surface area contributed by atoms with Crippen molar-refractivity contribution in [3.05, 3.63) is 29.8 Å². The summed E-state index contributed by atoms with van der Waals surface area (Å²) in [5.74, 6) is -0.519. The number of carbonyl (C=O) groups excluding carboxylic acids is 3. The number of hydrogen-bond acceptors (Lipinski definition) is 3. The Morgan fingerprint density at radius 3 is 2.80 bits per heavy atom. The van der Waals surface area contributed by atoms with Gasteiger partial charge in [0.25, 0.3) is 0 Å². The normalized spacial score (nSPS) is 18.0. The molecule has 0 saturated carbocycles. The SMILES string of the molecule is O=C1CCNC(=O)N1CC(=O)N1CCc2ccccc21. The van der Waals surface area contributed by atoms with E-state index in [9.17, 15) is 14.4 Å². The topological polar surface area (TPSA) is 69.7 Å². The molecule has 1 fully saturated rings. The highest BCUT2D eigenvalue weighted by atomic mass is 16.2. The first kappa shape index (κ1) is 12.7. The van der Waals surface area contributed by atoms with Crippen molar-refractivity contribution in [1.29, 1.82) is 0 Å². The van der Waals surface area contributed by atoms with Crippen LogP contribution in [0.25, 0.3) is 0 Å². The molecule has 2 aliphatic rings. The van der Waals surface area contributed by atoms with E-state index in [-0.39, 0.29) is 24.8 Å². The van der Waals surface area contributed by atoms with Gasteiger partial charge in [-0.15, -0.1) is 0 Å². The van der Waals surface area contributed by atoms with E-state index in [1.54, 1.807) is 4.90 Å². The molecule has 3 rings (SSSR count). The first-order chi connectivity index (χ1) is 9.66. The van der Waals surface area contributed by atoms with Crippen LogP contribution in [0, 0.1) is 0 Å². The third-order valence-electron chi connectivity index (χ3n) is 3.64. The number of nitrogens with zero attached hydrogens (tertiary/aromatic N) is 2. The molecule has 0 bridgehead atoms. The fourth-order valence-electron chi connectivity index (χ4n) is 2.60. The average Bonchev–Trinajstić information content (AvgIpc) is 2.87. The van der Waals surface area contributed by atoms with E-state index in [2.05, 4.69) is 5.32 Å². The molecule has 0 radical (unpaired) electrons. The smallest absolute Gasteiger partial charge is 0.324 e. The van der Waals surface area contributed by atoms with Gasteiger partial charge < -0.3 is 10.2 Å². The number of carbonyl (C=O) groups is 3. The summed E-state index contributed by atoms with van der Waals surface area (Å²) in [4.78, 5) is 38.3. The molecule has 2 aliphatic heterocycles. The second kappa shape index (κ2) is 4.96. The summed E-state index contributed by atoms with van der Waals surface area (Å²) in [6.07, 6.45) is 1.05. The van der Waals surface area contributed by atoms with E-state index in [4.69, 9.17) is 0 Å². The number of urea groups is 1. The van der Waals surface area contributed by atoms with Crippen LogP contribution in [0.15, 0.2) is 24.3 Å². The first-order valence-corrected chi connectivity index (χ1v) is 6.63. The zero-order chi connectivity index (χ0) is 14.1. The highest BCUT2D eigenvalue weighted by Gasteiger charge is 2.31. The van der Waals surface area contributed by atoms with Crippen LogP contribution in [0.4, 0.5) is 10.5 Å². The molecule has 104 valence electrons. The van der Waals surface area contributed by atoms with Crippen LogP contribution in [-0.2, 0) is 16.0 Å². The molecule has 0 aliphatic carbocycles. The van der Waals surface area contributed by atoms with Crippen LogP contribution in [0.2, 0.25) is 0 Å². The number of imide groups is 1. The van der Waals surface area contributed by atoms with Gasteiger partial charge in [-0.25, -0.2) is 4.79 Å². The number of benzene rings is 1. The summed E-state index contributed by atoms with van der Waals surface area (Å²) in [5, 5.41) is 2.57. The van der Waals surface area contributed by atoms with Gasteiger partial charge in [0.05, 0.1) is 0 Å². The maximum Gasteiger partial charge on any atom is 0.324 e. The molecule has 1 N–H and O–H groups in total. The van der Waals surface area contributed by atoms with Crippen LogP contribution in [0.1, 0.15) is 12.0 Å². The lowest BCUT2D eigenvalue weighted by Gasteiger charge is -2.27. The van der Waals surface area contributed by atoms with Crippen LogP contribution in [0.3, 0.4) is 0 Å². The number of anilines is 1. The lowest BCUT2D eigenvalue weighted by Crippen LogP contribution is -2.53. The predicted molar refractivity (Wildman–Crippen MR) is 72.2 cm³/mol. The Kier molecular flexibility index (Phi) is 3.14. The van der Waals surface area contributed by atoms with E-state index in [0.717, 1.165) is 22.6 Å². The van der Waals surface area contributed by atoms with Gasteiger partial charge >= 0.3 is 6.03 Å². The van der Waals surface area contributed by atoms with Gasteiger partial charge in [-0.2, -0.15) is 0 Å². The Labute approximate surface area is 116 Å². The van der Waals surface area contributed by atoms with Crippen LogP contribution < -0.4 is 10.2 Å². The van der Waals surface area contributed by atoms with Crippen molar-refractivity contribution in [2.24, 2.45) is 0 Å².